The zero-order chi connectivity index (χ0) is 10.8. The minimum Gasteiger partial charge on any atom is -0.358 e. The average Bonchev–Trinajstić information content (AvgIpc) is 2.59. The summed E-state index contributed by atoms with van der Waals surface area (Å²) >= 11 is 3.48. The summed E-state index contributed by atoms with van der Waals surface area (Å²) in [7, 11) is 1.99. The molecule has 3 heteroatoms. The molecule has 0 amide bonds. The van der Waals surface area contributed by atoms with Crippen LogP contribution in [-0.2, 0) is 6.42 Å². The maximum absolute atomic E-state index is 3.48. The molecule has 0 spiro atoms. The number of benzene rings is 1. The molecule has 1 unspecified atom stereocenters. The summed E-state index contributed by atoms with van der Waals surface area (Å²) in [6.45, 7) is 2.18. The lowest BCUT2D eigenvalue weighted by Crippen LogP contribution is -2.23. The van der Waals surface area contributed by atoms with Crippen molar-refractivity contribution in [1.82, 2.24) is 10.3 Å². The molecule has 0 saturated carbocycles. The molecule has 1 aromatic carbocycles. The number of halogens is 1. The van der Waals surface area contributed by atoms with Gasteiger partial charge in [0.2, 0.25) is 0 Å². The van der Waals surface area contributed by atoms with E-state index in [0.717, 1.165) is 10.9 Å². The second kappa shape index (κ2) is 4.37. The van der Waals surface area contributed by atoms with Crippen LogP contribution >= 0.6 is 15.9 Å². The Morgan fingerprint density at radius 1 is 1.40 bits per heavy atom. The first-order valence-corrected chi connectivity index (χ1v) is 5.93. The summed E-state index contributed by atoms with van der Waals surface area (Å²) in [5, 5.41) is 4.51. The molecule has 0 radical (unpaired) electrons. The first kappa shape index (κ1) is 10.7. The first-order chi connectivity index (χ1) is 7.19. The Morgan fingerprint density at radius 3 is 2.93 bits per heavy atom. The van der Waals surface area contributed by atoms with Crippen molar-refractivity contribution < 1.29 is 0 Å². The third-order valence-corrected chi connectivity index (χ3v) is 3.15. The van der Waals surface area contributed by atoms with E-state index in [9.17, 15) is 0 Å². The van der Waals surface area contributed by atoms with Gasteiger partial charge in [0.05, 0.1) is 0 Å². The highest BCUT2D eigenvalue weighted by Crippen LogP contribution is 2.20. The highest BCUT2D eigenvalue weighted by molar-refractivity contribution is 9.10. The molecule has 15 heavy (non-hydrogen) atoms. The van der Waals surface area contributed by atoms with Crippen molar-refractivity contribution in [3.8, 4) is 0 Å². The topological polar surface area (TPSA) is 27.8 Å². The molecule has 0 bridgehead atoms. The van der Waals surface area contributed by atoms with Crippen LogP contribution in [0.5, 0.6) is 0 Å². The molecule has 2 rings (SSSR count). The van der Waals surface area contributed by atoms with Crippen LogP contribution in [0.1, 0.15) is 12.6 Å². The SMILES string of the molecule is CNC(C)Cc1cc2cc(Br)ccc2[nH]1. The Hall–Kier alpha value is -0.800. The number of nitrogens with one attached hydrogen (secondary N) is 2. The summed E-state index contributed by atoms with van der Waals surface area (Å²) in [4.78, 5) is 3.43. The summed E-state index contributed by atoms with van der Waals surface area (Å²) in [6.07, 6.45) is 1.03. The van der Waals surface area contributed by atoms with E-state index in [4.69, 9.17) is 0 Å². The van der Waals surface area contributed by atoms with Gasteiger partial charge in [0.1, 0.15) is 0 Å². The lowest BCUT2D eigenvalue weighted by atomic mass is 10.2. The Labute approximate surface area is 98.2 Å². The molecule has 0 aliphatic heterocycles. The average molecular weight is 267 g/mol. The molecule has 1 atom stereocenters. The Morgan fingerprint density at radius 2 is 2.20 bits per heavy atom. The third-order valence-electron chi connectivity index (χ3n) is 2.66. The van der Waals surface area contributed by atoms with E-state index in [1.165, 1.54) is 16.6 Å². The van der Waals surface area contributed by atoms with Gasteiger partial charge in [-0.2, -0.15) is 0 Å². The highest BCUT2D eigenvalue weighted by Gasteiger charge is 2.04. The molecule has 2 aromatic rings. The zero-order valence-electron chi connectivity index (χ0n) is 8.97. The monoisotopic (exact) mass is 266 g/mol. The number of hydrogen-bond acceptors (Lipinski definition) is 1. The Kier molecular flexibility index (Phi) is 3.12. The molecular weight excluding hydrogens is 252 g/mol. The van der Waals surface area contributed by atoms with Gasteiger partial charge in [-0.3, -0.25) is 0 Å². The molecule has 2 N–H and O–H groups in total. The van der Waals surface area contributed by atoms with Gasteiger partial charge in [-0.05, 0) is 38.2 Å². The Balaban J connectivity index is 2.30. The number of hydrogen-bond donors (Lipinski definition) is 2. The normalized spacial score (nSPS) is 13.3. The maximum atomic E-state index is 3.48. The minimum atomic E-state index is 0.501. The van der Waals surface area contributed by atoms with E-state index in [1.54, 1.807) is 0 Å². The van der Waals surface area contributed by atoms with E-state index < -0.39 is 0 Å². The second-order valence-corrected chi connectivity index (χ2v) is 4.84. The van der Waals surface area contributed by atoms with Crippen molar-refractivity contribution in [3.05, 3.63) is 34.4 Å². The Bertz CT molecular complexity index is 462. The highest BCUT2D eigenvalue weighted by atomic mass is 79.9. The second-order valence-electron chi connectivity index (χ2n) is 3.92. The minimum absolute atomic E-state index is 0.501. The van der Waals surface area contributed by atoms with E-state index in [1.807, 2.05) is 7.05 Å². The summed E-state index contributed by atoms with van der Waals surface area (Å²) in [6, 6.07) is 9.02. The molecule has 1 aromatic heterocycles. The van der Waals surface area contributed by atoms with Gasteiger partial charge < -0.3 is 10.3 Å². The quantitative estimate of drug-likeness (QED) is 0.878. The lowest BCUT2D eigenvalue weighted by molar-refractivity contribution is 0.603. The van der Waals surface area contributed by atoms with Gasteiger partial charge in [0.25, 0.3) is 0 Å². The van der Waals surface area contributed by atoms with Crippen molar-refractivity contribution in [1.29, 1.82) is 0 Å². The predicted octanol–water partition coefficient (Wildman–Crippen LogP) is 3.08. The molecule has 0 fully saturated rings. The van der Waals surface area contributed by atoms with Gasteiger partial charge in [-0.25, -0.2) is 0 Å². The van der Waals surface area contributed by atoms with Crippen LogP contribution in [0.2, 0.25) is 0 Å². The molecular formula is C12H15BrN2. The molecule has 1 heterocycles. The summed E-state index contributed by atoms with van der Waals surface area (Å²) in [5.41, 5.74) is 2.49. The third kappa shape index (κ3) is 2.41. The number of fused-ring (bicyclic) bond motifs is 1. The van der Waals surface area contributed by atoms with Crippen molar-refractivity contribution in [2.45, 2.75) is 19.4 Å². The first-order valence-electron chi connectivity index (χ1n) is 5.13. The van der Waals surface area contributed by atoms with Crippen molar-refractivity contribution in [2.24, 2.45) is 0 Å². The molecule has 80 valence electrons. The number of aromatic amines is 1. The van der Waals surface area contributed by atoms with Crippen molar-refractivity contribution >= 4 is 26.8 Å². The van der Waals surface area contributed by atoms with Crippen molar-refractivity contribution in [2.75, 3.05) is 7.05 Å². The van der Waals surface area contributed by atoms with Crippen LogP contribution in [0.25, 0.3) is 10.9 Å². The molecule has 0 aliphatic rings. The van der Waals surface area contributed by atoms with E-state index in [2.05, 4.69) is 57.4 Å². The van der Waals surface area contributed by atoms with Crippen LogP contribution in [0.15, 0.2) is 28.7 Å². The number of aromatic nitrogens is 1. The lowest BCUT2D eigenvalue weighted by Gasteiger charge is -2.07. The van der Waals surface area contributed by atoms with Gasteiger partial charge in [0, 0.05) is 33.5 Å². The summed E-state index contributed by atoms with van der Waals surface area (Å²) in [5.74, 6) is 0. The van der Waals surface area contributed by atoms with Gasteiger partial charge >= 0.3 is 0 Å². The van der Waals surface area contributed by atoms with Gasteiger partial charge in [0.15, 0.2) is 0 Å². The molecule has 0 aliphatic carbocycles. The number of H-pyrrole nitrogens is 1. The fraction of sp³-hybridized carbons (Fsp3) is 0.333. The zero-order valence-corrected chi connectivity index (χ0v) is 10.6. The summed E-state index contributed by atoms with van der Waals surface area (Å²) < 4.78 is 1.13. The van der Waals surface area contributed by atoms with Crippen LogP contribution in [0.3, 0.4) is 0 Å². The number of likely N-dealkylation sites (N-methyl/N-ethyl adjacent to an activating group) is 1. The molecule has 0 saturated heterocycles. The van der Waals surface area contributed by atoms with E-state index in [0.29, 0.717) is 6.04 Å². The van der Waals surface area contributed by atoms with Crippen LogP contribution in [0, 0.1) is 0 Å². The fourth-order valence-corrected chi connectivity index (χ4v) is 2.08. The van der Waals surface area contributed by atoms with E-state index in [-0.39, 0.29) is 0 Å². The fourth-order valence-electron chi connectivity index (χ4n) is 1.71. The number of rotatable bonds is 3. The largest absolute Gasteiger partial charge is 0.358 e. The van der Waals surface area contributed by atoms with Crippen LogP contribution in [-0.4, -0.2) is 18.1 Å². The van der Waals surface area contributed by atoms with Gasteiger partial charge in [-0.15, -0.1) is 0 Å². The van der Waals surface area contributed by atoms with Crippen LogP contribution < -0.4 is 5.32 Å². The van der Waals surface area contributed by atoms with Crippen LogP contribution in [0.4, 0.5) is 0 Å². The van der Waals surface area contributed by atoms with E-state index >= 15 is 0 Å². The van der Waals surface area contributed by atoms with Crippen molar-refractivity contribution in [3.63, 3.8) is 0 Å². The molecule has 2 nitrogen and oxygen atoms in total. The maximum Gasteiger partial charge on any atom is 0.0456 e. The smallest absolute Gasteiger partial charge is 0.0456 e. The van der Waals surface area contributed by atoms with Gasteiger partial charge in [-0.1, -0.05) is 15.9 Å². The standard InChI is InChI=1S/C12H15BrN2/c1-8(14-2)5-11-7-9-6-10(13)3-4-12(9)15-11/h3-4,6-8,14-15H,5H2,1-2H3. The predicted molar refractivity (Wildman–Crippen MR) is 68.2 cm³/mol.